The second-order valence-electron chi connectivity index (χ2n) is 6.34. The minimum atomic E-state index is -0.0468. The van der Waals surface area contributed by atoms with Crippen LogP contribution in [0.15, 0.2) is 66.9 Å². The molecule has 1 atom stereocenters. The molecule has 0 aliphatic carbocycles. The maximum absolute atomic E-state index is 12.5. The molecule has 0 saturated heterocycles. The van der Waals surface area contributed by atoms with E-state index in [0.29, 0.717) is 18.2 Å². The Balaban J connectivity index is 1.55. The third kappa shape index (κ3) is 3.35. The van der Waals surface area contributed by atoms with Crippen LogP contribution in [0.3, 0.4) is 0 Å². The molecule has 0 saturated carbocycles. The van der Waals surface area contributed by atoms with Crippen molar-refractivity contribution in [3.63, 3.8) is 0 Å². The van der Waals surface area contributed by atoms with E-state index in [4.69, 9.17) is 0 Å². The normalized spacial score (nSPS) is 16.9. The minimum Gasteiger partial charge on any atom is -0.361 e. The number of hydrogen-bond donors (Lipinski definition) is 3. The molecule has 1 aliphatic rings. The topological polar surface area (TPSA) is 56.9 Å². The van der Waals surface area contributed by atoms with Crippen LogP contribution >= 0.6 is 0 Å². The average molecular weight is 331 g/mol. The van der Waals surface area contributed by atoms with Crippen LogP contribution in [0, 0.1) is 0 Å². The summed E-state index contributed by atoms with van der Waals surface area (Å²) in [5.74, 6) is -0.0468. The third-order valence-corrected chi connectivity index (χ3v) is 4.67. The van der Waals surface area contributed by atoms with Gasteiger partial charge in [0.25, 0.3) is 5.91 Å². The summed E-state index contributed by atoms with van der Waals surface area (Å²) in [4.78, 5) is 15.8. The molecular formula is C21H21N3O. The van der Waals surface area contributed by atoms with Crippen molar-refractivity contribution >= 4 is 16.8 Å². The lowest BCUT2D eigenvalue weighted by molar-refractivity contribution is 0.0951. The summed E-state index contributed by atoms with van der Waals surface area (Å²) in [6.45, 7) is 1.42. The van der Waals surface area contributed by atoms with Crippen molar-refractivity contribution in [3.8, 4) is 0 Å². The Hall–Kier alpha value is -2.85. The molecule has 0 radical (unpaired) electrons. The van der Waals surface area contributed by atoms with Crippen molar-refractivity contribution in [1.82, 2.24) is 15.6 Å². The monoisotopic (exact) mass is 331 g/mol. The summed E-state index contributed by atoms with van der Waals surface area (Å²) in [6.07, 6.45) is 7.37. The van der Waals surface area contributed by atoms with Crippen LogP contribution in [-0.2, 0) is 6.54 Å². The van der Waals surface area contributed by atoms with Gasteiger partial charge >= 0.3 is 0 Å². The number of amides is 1. The number of rotatable bonds is 4. The second kappa shape index (κ2) is 6.95. The summed E-state index contributed by atoms with van der Waals surface area (Å²) in [6, 6.07) is 16.1. The first kappa shape index (κ1) is 15.7. The number of fused-ring (bicyclic) bond motifs is 1. The van der Waals surface area contributed by atoms with Crippen LogP contribution in [0.5, 0.6) is 0 Å². The molecule has 25 heavy (non-hydrogen) atoms. The number of aromatic amines is 1. The van der Waals surface area contributed by atoms with Gasteiger partial charge in [-0.15, -0.1) is 0 Å². The van der Waals surface area contributed by atoms with Crippen LogP contribution in [0.4, 0.5) is 0 Å². The zero-order valence-electron chi connectivity index (χ0n) is 14.0. The van der Waals surface area contributed by atoms with Crippen LogP contribution in [-0.4, -0.2) is 17.4 Å². The molecule has 2 heterocycles. The van der Waals surface area contributed by atoms with Gasteiger partial charge in [-0.1, -0.05) is 42.5 Å². The molecule has 1 aliphatic heterocycles. The molecule has 1 amide bonds. The zero-order chi connectivity index (χ0) is 17.1. The minimum absolute atomic E-state index is 0.0468. The van der Waals surface area contributed by atoms with Gasteiger partial charge in [0, 0.05) is 41.8 Å². The van der Waals surface area contributed by atoms with Gasteiger partial charge in [-0.2, -0.15) is 0 Å². The molecule has 3 N–H and O–H groups in total. The Morgan fingerprint density at radius 3 is 2.80 bits per heavy atom. The van der Waals surface area contributed by atoms with Crippen LogP contribution in [0.2, 0.25) is 0 Å². The van der Waals surface area contributed by atoms with Crippen molar-refractivity contribution in [3.05, 3.63) is 83.6 Å². The first-order valence-corrected chi connectivity index (χ1v) is 8.63. The van der Waals surface area contributed by atoms with Gasteiger partial charge in [-0.3, -0.25) is 4.79 Å². The lowest BCUT2D eigenvalue weighted by atomic mass is 9.99. The molecule has 1 aromatic heterocycles. The van der Waals surface area contributed by atoms with E-state index in [2.05, 4.69) is 27.8 Å². The smallest absolute Gasteiger partial charge is 0.251 e. The highest BCUT2D eigenvalue weighted by atomic mass is 16.1. The maximum Gasteiger partial charge on any atom is 0.251 e. The van der Waals surface area contributed by atoms with Crippen LogP contribution in [0.25, 0.3) is 10.9 Å². The Morgan fingerprint density at radius 1 is 1.12 bits per heavy atom. The molecule has 4 nitrogen and oxygen atoms in total. The Morgan fingerprint density at radius 2 is 2.00 bits per heavy atom. The van der Waals surface area contributed by atoms with Crippen molar-refractivity contribution < 1.29 is 4.79 Å². The van der Waals surface area contributed by atoms with Gasteiger partial charge in [-0.05, 0) is 35.7 Å². The van der Waals surface area contributed by atoms with E-state index in [1.54, 1.807) is 0 Å². The Kier molecular flexibility index (Phi) is 4.36. The highest BCUT2D eigenvalue weighted by Gasteiger charge is 2.17. The van der Waals surface area contributed by atoms with E-state index in [-0.39, 0.29) is 5.91 Å². The van der Waals surface area contributed by atoms with Gasteiger partial charge in [0.1, 0.15) is 0 Å². The number of aromatic nitrogens is 1. The number of hydrogen-bond acceptors (Lipinski definition) is 2. The average Bonchev–Trinajstić information content (AvgIpc) is 3.11. The fraction of sp³-hybridized carbons (Fsp3) is 0.190. The zero-order valence-corrected chi connectivity index (χ0v) is 14.0. The van der Waals surface area contributed by atoms with E-state index in [1.807, 2.05) is 54.7 Å². The molecule has 4 rings (SSSR count). The highest BCUT2D eigenvalue weighted by Crippen LogP contribution is 2.28. The molecule has 0 bridgehead atoms. The van der Waals surface area contributed by atoms with Gasteiger partial charge in [-0.25, -0.2) is 0 Å². The van der Waals surface area contributed by atoms with Gasteiger partial charge in [0.2, 0.25) is 0 Å². The highest BCUT2D eigenvalue weighted by molar-refractivity contribution is 5.98. The van der Waals surface area contributed by atoms with Crippen LogP contribution < -0.4 is 10.6 Å². The summed E-state index contributed by atoms with van der Waals surface area (Å²) in [5, 5.41) is 7.61. The summed E-state index contributed by atoms with van der Waals surface area (Å²) in [7, 11) is 0. The van der Waals surface area contributed by atoms with Gasteiger partial charge in [0.05, 0.1) is 0 Å². The molecule has 0 spiro atoms. The van der Waals surface area contributed by atoms with Gasteiger partial charge < -0.3 is 15.6 Å². The largest absolute Gasteiger partial charge is 0.361 e. The summed E-state index contributed by atoms with van der Waals surface area (Å²) < 4.78 is 0. The van der Waals surface area contributed by atoms with Crippen molar-refractivity contribution in [2.75, 3.05) is 6.54 Å². The summed E-state index contributed by atoms with van der Waals surface area (Å²) in [5.41, 5.74) is 4.07. The number of carbonyl (C=O) groups excluding carboxylic acids is 1. The van der Waals surface area contributed by atoms with Crippen molar-refractivity contribution in [1.29, 1.82) is 0 Å². The number of H-pyrrole nitrogens is 1. The molecule has 1 unspecified atom stereocenters. The standard InChI is InChI=1S/C21H21N3O/c25-21(24-13-15-6-2-1-3-7-15)16-9-10-20-17(12-16)18(14-23-20)19-8-4-5-11-22-19/h1-7,9-10,12,14,19,22-23H,8,11,13H2,(H,24,25). The Bertz CT molecular complexity index is 911. The number of benzene rings is 2. The molecule has 0 fully saturated rings. The van der Waals surface area contributed by atoms with E-state index in [9.17, 15) is 4.79 Å². The molecule has 126 valence electrons. The van der Waals surface area contributed by atoms with Gasteiger partial charge in [0.15, 0.2) is 0 Å². The fourth-order valence-electron chi connectivity index (χ4n) is 3.30. The third-order valence-electron chi connectivity index (χ3n) is 4.67. The van der Waals surface area contributed by atoms with Crippen molar-refractivity contribution in [2.24, 2.45) is 0 Å². The lowest BCUT2D eigenvalue weighted by Crippen LogP contribution is -2.24. The quantitative estimate of drug-likeness (QED) is 0.639. The lowest BCUT2D eigenvalue weighted by Gasteiger charge is -2.19. The summed E-state index contributed by atoms with van der Waals surface area (Å²) >= 11 is 0. The molecule has 2 aromatic carbocycles. The predicted molar refractivity (Wildman–Crippen MR) is 100 cm³/mol. The molecular weight excluding hydrogens is 310 g/mol. The van der Waals surface area contributed by atoms with E-state index in [0.717, 1.165) is 29.4 Å². The number of carbonyl (C=O) groups is 1. The second-order valence-corrected chi connectivity index (χ2v) is 6.34. The maximum atomic E-state index is 12.5. The SMILES string of the molecule is O=C(NCc1ccccc1)c1ccc2[nH]cc(C3CC=CCN3)c2c1. The van der Waals surface area contributed by atoms with E-state index < -0.39 is 0 Å². The van der Waals surface area contributed by atoms with Crippen LogP contribution in [0.1, 0.15) is 33.9 Å². The molecule has 3 aromatic rings. The molecule has 4 heteroatoms. The van der Waals surface area contributed by atoms with E-state index >= 15 is 0 Å². The van der Waals surface area contributed by atoms with Crippen molar-refractivity contribution in [2.45, 2.75) is 19.0 Å². The first-order valence-electron chi connectivity index (χ1n) is 8.63. The number of nitrogens with one attached hydrogen (secondary N) is 3. The van der Waals surface area contributed by atoms with E-state index in [1.165, 1.54) is 5.56 Å². The first-order chi connectivity index (χ1) is 12.3. The Labute approximate surface area is 146 Å². The predicted octanol–water partition coefficient (Wildman–Crippen LogP) is 3.69. The fourth-order valence-corrected chi connectivity index (χ4v) is 3.30.